The van der Waals surface area contributed by atoms with E-state index in [1.54, 1.807) is 18.2 Å². The molecule has 0 aliphatic heterocycles. The summed E-state index contributed by atoms with van der Waals surface area (Å²) in [4.78, 5) is 12.7. The second-order valence-electron chi connectivity index (χ2n) is 7.73. The minimum atomic E-state index is -1.56. The lowest BCUT2D eigenvalue weighted by Crippen LogP contribution is -2.54. The molecule has 1 aromatic carbocycles. The highest BCUT2D eigenvalue weighted by Crippen LogP contribution is 2.58. The van der Waals surface area contributed by atoms with Gasteiger partial charge in [0, 0.05) is 23.5 Å². The normalized spacial score (nSPS) is 37.2. The number of hydrogen-bond donors (Lipinski definition) is 3. The first-order valence-electron chi connectivity index (χ1n) is 8.89. The van der Waals surface area contributed by atoms with E-state index in [0.717, 1.165) is 12.0 Å². The highest BCUT2D eigenvalue weighted by Gasteiger charge is 2.58. The summed E-state index contributed by atoms with van der Waals surface area (Å²) < 4.78 is 5.34. The van der Waals surface area contributed by atoms with Crippen LogP contribution in [-0.2, 0) is 4.79 Å². The van der Waals surface area contributed by atoms with E-state index in [4.69, 9.17) is 4.74 Å². The van der Waals surface area contributed by atoms with E-state index in [9.17, 15) is 20.1 Å². The third-order valence-corrected chi connectivity index (χ3v) is 6.19. The minimum Gasteiger partial charge on any atom is -0.496 e. The smallest absolute Gasteiger partial charge is 0.159 e. The molecule has 4 rings (SSSR count). The van der Waals surface area contributed by atoms with Crippen LogP contribution in [-0.4, -0.2) is 33.8 Å². The summed E-state index contributed by atoms with van der Waals surface area (Å²) in [6.07, 6.45) is -0.0890. The number of ether oxygens (including phenoxy) is 1. The molecule has 0 saturated heterocycles. The van der Waals surface area contributed by atoms with Crippen molar-refractivity contribution in [2.24, 2.45) is 11.8 Å². The molecule has 5 nitrogen and oxygen atoms in total. The second kappa shape index (κ2) is 5.66. The fourth-order valence-electron chi connectivity index (χ4n) is 5.07. The number of allylic oxidation sites excluding steroid dienone is 1. The molecular formula is C20H24O5. The molecule has 5 heteroatoms. The van der Waals surface area contributed by atoms with Crippen LogP contribution in [0.25, 0.3) is 0 Å². The summed E-state index contributed by atoms with van der Waals surface area (Å²) in [6.45, 7) is 2.05. The summed E-state index contributed by atoms with van der Waals surface area (Å²) in [6, 6.07) is 5.19. The molecule has 0 saturated carbocycles. The van der Waals surface area contributed by atoms with Crippen molar-refractivity contribution < 1.29 is 24.9 Å². The van der Waals surface area contributed by atoms with Crippen LogP contribution < -0.4 is 4.74 Å². The van der Waals surface area contributed by atoms with Gasteiger partial charge in [-0.25, -0.2) is 0 Å². The molecule has 134 valence electrons. The monoisotopic (exact) mass is 344 g/mol. The maximum atomic E-state index is 12.7. The van der Waals surface area contributed by atoms with E-state index in [1.807, 2.05) is 0 Å². The Morgan fingerprint density at radius 3 is 2.72 bits per heavy atom. The molecule has 3 aliphatic rings. The highest BCUT2D eigenvalue weighted by molar-refractivity contribution is 5.98. The average Bonchev–Trinajstić information content (AvgIpc) is 2.59. The number of methoxy groups -OCH3 is 1. The molecule has 0 spiro atoms. The fraction of sp³-hybridized carbons (Fsp3) is 0.550. The Morgan fingerprint density at radius 1 is 1.24 bits per heavy atom. The highest BCUT2D eigenvalue weighted by atomic mass is 16.5. The number of carbonyl (C=O) groups is 1. The van der Waals surface area contributed by atoms with Gasteiger partial charge in [0.2, 0.25) is 0 Å². The van der Waals surface area contributed by atoms with E-state index < -0.39 is 23.7 Å². The first kappa shape index (κ1) is 16.8. The summed E-state index contributed by atoms with van der Waals surface area (Å²) >= 11 is 0. The van der Waals surface area contributed by atoms with E-state index in [2.05, 4.69) is 6.92 Å². The van der Waals surface area contributed by atoms with Crippen LogP contribution in [0.4, 0.5) is 0 Å². The quantitative estimate of drug-likeness (QED) is 0.727. The van der Waals surface area contributed by atoms with Crippen LogP contribution >= 0.6 is 0 Å². The third-order valence-electron chi connectivity index (χ3n) is 6.19. The predicted octanol–water partition coefficient (Wildman–Crippen LogP) is 2.21. The van der Waals surface area contributed by atoms with Gasteiger partial charge in [0.15, 0.2) is 5.78 Å². The standard InChI is InChI=1S/C20H24O5/c1-10-8-11-6-7-20(24)17(15(11)13(21)9-10)18(22)12-4-3-5-14(25-2)16(12)19(20)23/h3-5,10,17-19,22-24H,6-9H2,1-2H3/t10-,17-,18-,19+,20-/m1/s1. The first-order chi connectivity index (χ1) is 11.9. The molecule has 0 bridgehead atoms. The van der Waals surface area contributed by atoms with Crippen LogP contribution in [0, 0.1) is 11.8 Å². The van der Waals surface area contributed by atoms with Gasteiger partial charge < -0.3 is 20.1 Å². The van der Waals surface area contributed by atoms with Crippen molar-refractivity contribution >= 4 is 5.78 Å². The number of benzene rings is 1. The van der Waals surface area contributed by atoms with Crippen molar-refractivity contribution in [3.8, 4) is 5.75 Å². The Kier molecular flexibility index (Phi) is 3.79. The first-order valence-corrected chi connectivity index (χ1v) is 8.89. The summed E-state index contributed by atoms with van der Waals surface area (Å²) in [7, 11) is 1.50. The molecule has 5 atom stereocenters. The van der Waals surface area contributed by atoms with Crippen molar-refractivity contribution in [2.45, 2.75) is 50.4 Å². The van der Waals surface area contributed by atoms with Gasteiger partial charge in [0.1, 0.15) is 17.5 Å². The minimum absolute atomic E-state index is 0.00512. The molecule has 0 fully saturated rings. The lowest BCUT2D eigenvalue weighted by atomic mass is 9.58. The maximum Gasteiger partial charge on any atom is 0.159 e. The summed E-state index contributed by atoms with van der Waals surface area (Å²) in [5.41, 5.74) is 0.984. The van der Waals surface area contributed by atoms with Crippen molar-refractivity contribution in [1.82, 2.24) is 0 Å². The number of hydrogen-bond acceptors (Lipinski definition) is 5. The molecule has 1 aromatic rings. The van der Waals surface area contributed by atoms with Crippen molar-refractivity contribution in [3.05, 3.63) is 40.5 Å². The number of rotatable bonds is 1. The predicted molar refractivity (Wildman–Crippen MR) is 91.0 cm³/mol. The number of aliphatic hydroxyl groups is 3. The van der Waals surface area contributed by atoms with Crippen LogP contribution in [0.15, 0.2) is 29.3 Å². The van der Waals surface area contributed by atoms with Crippen LogP contribution in [0.3, 0.4) is 0 Å². The molecule has 3 aliphatic carbocycles. The van der Waals surface area contributed by atoms with E-state index in [1.165, 1.54) is 7.11 Å². The Bertz CT molecular complexity index is 767. The molecule has 0 radical (unpaired) electrons. The molecule has 0 heterocycles. The zero-order chi connectivity index (χ0) is 17.9. The third kappa shape index (κ3) is 2.23. The molecular weight excluding hydrogens is 320 g/mol. The number of aliphatic hydroxyl groups excluding tert-OH is 2. The Labute approximate surface area is 146 Å². The Balaban J connectivity index is 1.91. The lowest BCUT2D eigenvalue weighted by molar-refractivity contribution is -0.160. The Morgan fingerprint density at radius 2 is 2.00 bits per heavy atom. The Hall–Kier alpha value is -1.69. The number of ketones is 1. The lowest BCUT2D eigenvalue weighted by Gasteiger charge is -2.51. The molecule has 25 heavy (non-hydrogen) atoms. The van der Waals surface area contributed by atoms with Crippen molar-refractivity contribution in [1.29, 1.82) is 0 Å². The zero-order valence-corrected chi connectivity index (χ0v) is 14.5. The van der Waals surface area contributed by atoms with E-state index in [0.29, 0.717) is 41.7 Å². The largest absolute Gasteiger partial charge is 0.496 e. The van der Waals surface area contributed by atoms with Crippen LogP contribution in [0.1, 0.15) is 55.9 Å². The average molecular weight is 344 g/mol. The molecule has 0 amide bonds. The van der Waals surface area contributed by atoms with Gasteiger partial charge >= 0.3 is 0 Å². The van der Waals surface area contributed by atoms with Gasteiger partial charge in [0.25, 0.3) is 0 Å². The van der Waals surface area contributed by atoms with Gasteiger partial charge in [-0.05, 0) is 36.8 Å². The van der Waals surface area contributed by atoms with Gasteiger partial charge in [-0.3, -0.25) is 4.79 Å². The van der Waals surface area contributed by atoms with Crippen molar-refractivity contribution in [2.75, 3.05) is 7.11 Å². The van der Waals surface area contributed by atoms with Gasteiger partial charge in [-0.2, -0.15) is 0 Å². The summed E-state index contributed by atoms with van der Waals surface area (Å²) in [5, 5.41) is 33.4. The van der Waals surface area contributed by atoms with Gasteiger partial charge in [-0.1, -0.05) is 24.6 Å². The van der Waals surface area contributed by atoms with E-state index >= 15 is 0 Å². The van der Waals surface area contributed by atoms with Crippen molar-refractivity contribution in [3.63, 3.8) is 0 Å². The number of fused-ring (bicyclic) bond motifs is 3. The van der Waals surface area contributed by atoms with Crippen LogP contribution in [0.2, 0.25) is 0 Å². The second-order valence-corrected chi connectivity index (χ2v) is 7.73. The topological polar surface area (TPSA) is 87.0 Å². The van der Waals surface area contributed by atoms with Gasteiger partial charge in [-0.15, -0.1) is 0 Å². The van der Waals surface area contributed by atoms with E-state index in [-0.39, 0.29) is 11.7 Å². The van der Waals surface area contributed by atoms with Crippen LogP contribution in [0.5, 0.6) is 5.75 Å². The number of carbonyl (C=O) groups excluding carboxylic acids is 1. The maximum absolute atomic E-state index is 12.7. The van der Waals surface area contributed by atoms with Gasteiger partial charge in [0.05, 0.1) is 13.2 Å². The zero-order valence-electron chi connectivity index (χ0n) is 14.5. The fourth-order valence-corrected chi connectivity index (χ4v) is 5.07. The molecule has 0 aromatic heterocycles. The molecule has 0 unspecified atom stereocenters. The SMILES string of the molecule is COc1cccc2c1[C@H](O)[C@@]1(O)CCC3=C(C(=O)C[C@H](C)C3)[C@@H]1[C@@H]2O. The molecule has 3 N–H and O–H groups in total. The number of Topliss-reactive ketones (excluding diaryl/α,β-unsaturated/α-hetero) is 1. The summed E-state index contributed by atoms with van der Waals surface area (Å²) in [5.74, 6) is -0.0601.